The fourth-order valence-corrected chi connectivity index (χ4v) is 2.37. The Bertz CT molecular complexity index is 695. The number of carbonyl (C=O) groups excluding carboxylic acids is 2. The number of amides is 2. The molecular formula is C13H9F3N2O2S. The molecule has 2 rings (SSSR count). The van der Waals surface area contributed by atoms with Gasteiger partial charge in [0.2, 0.25) is 0 Å². The lowest BCUT2D eigenvalue weighted by molar-refractivity contribution is -0.138. The molecule has 0 unspecified atom stereocenters. The number of pyridine rings is 1. The maximum Gasteiger partial charge on any atom is 0.417 e. The first kappa shape index (κ1) is 15.2. The third kappa shape index (κ3) is 3.46. The molecule has 110 valence electrons. The maximum absolute atomic E-state index is 12.8. The quantitative estimate of drug-likeness (QED) is 0.867. The van der Waals surface area contributed by atoms with Gasteiger partial charge in [0.05, 0.1) is 16.0 Å². The molecule has 0 aromatic carbocycles. The van der Waals surface area contributed by atoms with Crippen LogP contribution in [-0.4, -0.2) is 16.8 Å². The summed E-state index contributed by atoms with van der Waals surface area (Å²) in [5, 5.41) is 1.93. The van der Waals surface area contributed by atoms with Crippen LogP contribution in [0.5, 0.6) is 0 Å². The van der Waals surface area contributed by atoms with Crippen molar-refractivity contribution in [3.63, 3.8) is 0 Å². The number of aromatic nitrogens is 1. The molecule has 0 bridgehead atoms. The van der Waals surface area contributed by atoms with Gasteiger partial charge in [-0.3, -0.25) is 19.9 Å². The third-order valence-electron chi connectivity index (χ3n) is 2.56. The standard InChI is InChI=1S/C13H9F3N2O2S/c1-7-2-3-10(21-7)12(20)18-11(19)8-6-17-5-4-9(8)13(14,15)16/h2-6H,1H3,(H,18,19,20). The molecule has 1 N–H and O–H groups in total. The van der Waals surface area contributed by atoms with E-state index in [1.165, 1.54) is 6.07 Å². The van der Waals surface area contributed by atoms with E-state index < -0.39 is 29.1 Å². The van der Waals surface area contributed by atoms with Crippen molar-refractivity contribution in [3.05, 3.63) is 51.5 Å². The topological polar surface area (TPSA) is 59.1 Å². The van der Waals surface area contributed by atoms with Gasteiger partial charge in [0, 0.05) is 17.3 Å². The Labute approximate surface area is 121 Å². The van der Waals surface area contributed by atoms with E-state index in [9.17, 15) is 22.8 Å². The number of rotatable bonds is 2. The highest BCUT2D eigenvalue weighted by atomic mass is 32.1. The van der Waals surface area contributed by atoms with Crippen LogP contribution >= 0.6 is 11.3 Å². The number of hydrogen-bond acceptors (Lipinski definition) is 4. The summed E-state index contributed by atoms with van der Waals surface area (Å²) in [6, 6.07) is 3.86. The minimum absolute atomic E-state index is 0.248. The van der Waals surface area contributed by atoms with E-state index in [-0.39, 0.29) is 4.88 Å². The number of nitrogens with one attached hydrogen (secondary N) is 1. The van der Waals surface area contributed by atoms with Crippen LogP contribution in [-0.2, 0) is 6.18 Å². The lowest BCUT2D eigenvalue weighted by Crippen LogP contribution is -2.31. The second-order valence-electron chi connectivity index (χ2n) is 4.11. The van der Waals surface area contributed by atoms with Crippen molar-refractivity contribution < 1.29 is 22.8 Å². The number of thiophene rings is 1. The van der Waals surface area contributed by atoms with Gasteiger partial charge in [-0.05, 0) is 25.1 Å². The minimum atomic E-state index is -4.70. The van der Waals surface area contributed by atoms with Crippen molar-refractivity contribution in [2.24, 2.45) is 0 Å². The van der Waals surface area contributed by atoms with Gasteiger partial charge in [-0.1, -0.05) is 0 Å². The van der Waals surface area contributed by atoms with Gasteiger partial charge in [0.15, 0.2) is 0 Å². The lowest BCUT2D eigenvalue weighted by atomic mass is 10.1. The summed E-state index contributed by atoms with van der Waals surface area (Å²) in [4.78, 5) is 28.2. The van der Waals surface area contributed by atoms with Crippen molar-refractivity contribution in [3.8, 4) is 0 Å². The van der Waals surface area contributed by atoms with E-state index >= 15 is 0 Å². The summed E-state index contributed by atoms with van der Waals surface area (Å²) >= 11 is 1.14. The Morgan fingerprint density at radius 3 is 2.48 bits per heavy atom. The third-order valence-corrected chi connectivity index (χ3v) is 3.56. The largest absolute Gasteiger partial charge is 0.417 e. The number of imide groups is 1. The van der Waals surface area contributed by atoms with Crippen LogP contribution in [0.1, 0.15) is 30.5 Å². The summed E-state index contributed by atoms with van der Waals surface area (Å²) in [7, 11) is 0. The van der Waals surface area contributed by atoms with Gasteiger partial charge in [-0.2, -0.15) is 13.2 Å². The van der Waals surface area contributed by atoms with Crippen molar-refractivity contribution in [1.82, 2.24) is 10.3 Å². The summed E-state index contributed by atoms with van der Waals surface area (Å²) in [6.45, 7) is 1.77. The van der Waals surface area contributed by atoms with Crippen LogP contribution in [0.4, 0.5) is 13.2 Å². The first-order valence-corrected chi connectivity index (χ1v) is 6.54. The Hall–Kier alpha value is -2.22. The smallest absolute Gasteiger partial charge is 0.287 e. The van der Waals surface area contributed by atoms with Crippen LogP contribution in [0.3, 0.4) is 0 Å². The van der Waals surface area contributed by atoms with Gasteiger partial charge >= 0.3 is 6.18 Å². The summed E-state index contributed by atoms with van der Waals surface area (Å²) in [5.74, 6) is -1.87. The molecule has 0 saturated carbocycles. The Balaban J connectivity index is 2.24. The van der Waals surface area contributed by atoms with E-state index in [4.69, 9.17) is 0 Å². The van der Waals surface area contributed by atoms with Crippen LogP contribution in [0, 0.1) is 6.92 Å². The first-order valence-electron chi connectivity index (χ1n) is 5.72. The molecule has 0 radical (unpaired) electrons. The van der Waals surface area contributed by atoms with Crippen LogP contribution in [0.2, 0.25) is 0 Å². The van der Waals surface area contributed by atoms with Gasteiger partial charge in [-0.25, -0.2) is 0 Å². The van der Waals surface area contributed by atoms with E-state index in [1.807, 2.05) is 5.32 Å². The molecule has 0 fully saturated rings. The van der Waals surface area contributed by atoms with Crippen molar-refractivity contribution >= 4 is 23.2 Å². The summed E-state index contributed by atoms with van der Waals surface area (Å²) in [5.41, 5.74) is -1.82. The highest BCUT2D eigenvalue weighted by Gasteiger charge is 2.35. The number of alkyl halides is 3. The number of hydrogen-bond donors (Lipinski definition) is 1. The lowest BCUT2D eigenvalue weighted by Gasteiger charge is -2.11. The minimum Gasteiger partial charge on any atom is -0.287 e. The fourth-order valence-electron chi connectivity index (χ4n) is 1.61. The van der Waals surface area contributed by atoms with Crippen LogP contribution < -0.4 is 5.32 Å². The normalized spacial score (nSPS) is 11.2. The molecule has 0 atom stereocenters. The molecule has 0 aliphatic carbocycles. The van der Waals surface area contributed by atoms with Gasteiger partial charge < -0.3 is 0 Å². The first-order chi connectivity index (χ1) is 9.79. The Morgan fingerprint density at radius 1 is 1.19 bits per heavy atom. The van der Waals surface area contributed by atoms with E-state index in [2.05, 4.69) is 4.98 Å². The number of aryl methyl sites for hydroxylation is 1. The number of carbonyl (C=O) groups is 2. The molecule has 2 heterocycles. The Kier molecular flexibility index (Phi) is 4.08. The van der Waals surface area contributed by atoms with Crippen molar-refractivity contribution in [1.29, 1.82) is 0 Å². The predicted octanol–water partition coefficient (Wildman–Crippen LogP) is 3.04. The van der Waals surface area contributed by atoms with Gasteiger partial charge in [0.1, 0.15) is 0 Å². The molecule has 2 amide bonds. The number of halogens is 3. The second kappa shape index (κ2) is 5.65. The molecular weight excluding hydrogens is 305 g/mol. The second-order valence-corrected chi connectivity index (χ2v) is 5.40. The molecule has 0 aliphatic rings. The van der Waals surface area contributed by atoms with Crippen molar-refractivity contribution in [2.75, 3.05) is 0 Å². The molecule has 2 aromatic rings. The zero-order valence-electron chi connectivity index (χ0n) is 10.7. The SMILES string of the molecule is Cc1ccc(C(=O)NC(=O)c2cnccc2C(F)(F)F)s1. The molecule has 4 nitrogen and oxygen atoms in total. The average Bonchev–Trinajstić information content (AvgIpc) is 2.84. The number of nitrogens with zero attached hydrogens (tertiary/aromatic N) is 1. The highest BCUT2D eigenvalue weighted by Crippen LogP contribution is 2.31. The van der Waals surface area contributed by atoms with Crippen LogP contribution in [0.15, 0.2) is 30.6 Å². The molecule has 8 heteroatoms. The predicted molar refractivity (Wildman–Crippen MR) is 70.1 cm³/mol. The van der Waals surface area contributed by atoms with E-state index in [0.717, 1.165) is 28.6 Å². The summed E-state index contributed by atoms with van der Waals surface area (Å²) in [6.07, 6.45) is -2.98. The monoisotopic (exact) mass is 314 g/mol. The molecule has 0 aliphatic heterocycles. The Morgan fingerprint density at radius 2 is 1.90 bits per heavy atom. The zero-order valence-corrected chi connectivity index (χ0v) is 11.5. The molecule has 2 aromatic heterocycles. The van der Waals surface area contributed by atoms with E-state index in [0.29, 0.717) is 6.07 Å². The summed E-state index contributed by atoms with van der Waals surface area (Å²) < 4.78 is 38.3. The molecule has 21 heavy (non-hydrogen) atoms. The zero-order chi connectivity index (χ0) is 15.6. The van der Waals surface area contributed by atoms with Gasteiger partial charge in [0.25, 0.3) is 11.8 Å². The van der Waals surface area contributed by atoms with Crippen LogP contribution in [0.25, 0.3) is 0 Å². The maximum atomic E-state index is 12.8. The highest BCUT2D eigenvalue weighted by molar-refractivity contribution is 7.14. The van der Waals surface area contributed by atoms with Gasteiger partial charge in [-0.15, -0.1) is 11.3 Å². The van der Waals surface area contributed by atoms with E-state index in [1.54, 1.807) is 13.0 Å². The molecule has 0 saturated heterocycles. The average molecular weight is 314 g/mol. The van der Waals surface area contributed by atoms with Crippen molar-refractivity contribution in [2.45, 2.75) is 13.1 Å². The molecule has 0 spiro atoms. The fraction of sp³-hybridized carbons (Fsp3) is 0.154.